The molecule has 3 aliphatic heterocycles. The number of likely N-dealkylation sites (tertiary alicyclic amines) is 1. The second kappa shape index (κ2) is 10.3. The molecule has 2 saturated heterocycles. The van der Waals surface area contributed by atoms with Gasteiger partial charge in [0, 0.05) is 42.0 Å². The zero-order valence-corrected chi connectivity index (χ0v) is 21.7. The molecule has 5 rings (SSSR count). The van der Waals surface area contributed by atoms with Crippen LogP contribution >= 0.6 is 23.2 Å². The standard InChI is InChI=1S/C26H31Cl2N3O5/c1-35-11-5-10-31-22(24(33)29-17-6-3-2-4-7-17)26-9-8-19(36-26)20(21(26)25(31)34)23(32)30-18-13-15(27)12-16(28)14-18/h8-9,12-14,17,19-22H,2-7,10-11H2,1H3,(H,29,33)(H,30,32)/t19-,20-,21-,22+,26+/m1/s1. The van der Waals surface area contributed by atoms with Crippen LogP contribution < -0.4 is 10.6 Å². The van der Waals surface area contributed by atoms with Gasteiger partial charge < -0.3 is 25.0 Å². The summed E-state index contributed by atoms with van der Waals surface area (Å²) in [5.74, 6) is -2.41. The maximum atomic E-state index is 13.8. The van der Waals surface area contributed by atoms with E-state index in [2.05, 4.69) is 10.6 Å². The Hall–Kier alpha value is -2.13. The maximum Gasteiger partial charge on any atom is 0.246 e. The average Bonchev–Trinajstić information content (AvgIpc) is 3.47. The second-order valence-corrected chi connectivity index (χ2v) is 10.9. The van der Waals surface area contributed by atoms with E-state index in [9.17, 15) is 14.4 Å². The van der Waals surface area contributed by atoms with E-state index in [1.807, 2.05) is 6.08 Å². The Morgan fingerprint density at radius 1 is 1.14 bits per heavy atom. The van der Waals surface area contributed by atoms with Crippen LogP contribution in [-0.2, 0) is 23.9 Å². The smallest absolute Gasteiger partial charge is 0.246 e. The lowest BCUT2D eigenvalue weighted by Gasteiger charge is -2.34. The molecule has 1 aromatic carbocycles. The van der Waals surface area contributed by atoms with Crippen molar-refractivity contribution in [3.05, 3.63) is 40.4 Å². The van der Waals surface area contributed by atoms with Crippen molar-refractivity contribution in [3.8, 4) is 0 Å². The molecular formula is C26H31Cl2N3O5. The molecule has 194 valence electrons. The van der Waals surface area contributed by atoms with E-state index in [1.54, 1.807) is 36.3 Å². The average molecular weight is 536 g/mol. The fraction of sp³-hybridized carbons (Fsp3) is 0.577. The van der Waals surface area contributed by atoms with Gasteiger partial charge in [-0.05, 0) is 37.5 Å². The van der Waals surface area contributed by atoms with Gasteiger partial charge in [0.1, 0.15) is 11.6 Å². The Morgan fingerprint density at radius 2 is 1.86 bits per heavy atom. The Bertz CT molecular complexity index is 1060. The molecule has 8 nitrogen and oxygen atoms in total. The van der Waals surface area contributed by atoms with Crippen LogP contribution in [0, 0.1) is 11.8 Å². The number of halogens is 2. The third-order valence-corrected chi connectivity index (χ3v) is 8.19. The van der Waals surface area contributed by atoms with Gasteiger partial charge >= 0.3 is 0 Å². The third-order valence-electron chi connectivity index (χ3n) is 7.75. The summed E-state index contributed by atoms with van der Waals surface area (Å²) in [6.07, 6.45) is 8.79. The minimum absolute atomic E-state index is 0.0897. The van der Waals surface area contributed by atoms with E-state index in [4.69, 9.17) is 32.7 Å². The minimum Gasteiger partial charge on any atom is -0.385 e. The van der Waals surface area contributed by atoms with Gasteiger partial charge in [0.2, 0.25) is 17.7 Å². The molecule has 3 heterocycles. The maximum absolute atomic E-state index is 13.8. The summed E-state index contributed by atoms with van der Waals surface area (Å²) in [7, 11) is 1.60. The highest BCUT2D eigenvalue weighted by atomic mass is 35.5. The highest BCUT2D eigenvalue weighted by Crippen LogP contribution is 2.55. The number of anilines is 1. The summed E-state index contributed by atoms with van der Waals surface area (Å²) < 4.78 is 11.5. The van der Waals surface area contributed by atoms with Crippen molar-refractivity contribution < 1.29 is 23.9 Å². The minimum atomic E-state index is -1.18. The molecule has 0 unspecified atom stereocenters. The van der Waals surface area contributed by atoms with Crippen LogP contribution in [-0.4, -0.2) is 66.7 Å². The van der Waals surface area contributed by atoms with Crippen LogP contribution in [0.3, 0.4) is 0 Å². The van der Waals surface area contributed by atoms with Gasteiger partial charge in [0.15, 0.2) is 0 Å². The number of hydrogen-bond acceptors (Lipinski definition) is 5. The van der Waals surface area contributed by atoms with Crippen LogP contribution in [0.1, 0.15) is 38.5 Å². The summed E-state index contributed by atoms with van der Waals surface area (Å²) in [5.41, 5.74) is -0.742. The highest BCUT2D eigenvalue weighted by Gasteiger charge is 2.72. The Balaban J connectivity index is 1.42. The second-order valence-electron chi connectivity index (χ2n) is 10.1. The van der Waals surface area contributed by atoms with Gasteiger partial charge in [-0.3, -0.25) is 14.4 Å². The van der Waals surface area contributed by atoms with E-state index >= 15 is 0 Å². The molecule has 0 aromatic heterocycles. The lowest BCUT2D eigenvalue weighted by atomic mass is 9.74. The lowest BCUT2D eigenvalue weighted by Crippen LogP contribution is -2.56. The molecule has 1 saturated carbocycles. The number of nitrogens with zero attached hydrogens (tertiary/aromatic N) is 1. The van der Waals surface area contributed by atoms with E-state index in [0.717, 1.165) is 25.7 Å². The number of nitrogens with one attached hydrogen (secondary N) is 2. The number of ether oxygens (including phenoxy) is 2. The van der Waals surface area contributed by atoms with E-state index in [1.165, 1.54) is 6.42 Å². The summed E-state index contributed by atoms with van der Waals surface area (Å²) in [6, 6.07) is 4.02. The van der Waals surface area contributed by atoms with E-state index < -0.39 is 29.6 Å². The Morgan fingerprint density at radius 3 is 2.56 bits per heavy atom. The van der Waals surface area contributed by atoms with E-state index in [0.29, 0.717) is 35.3 Å². The number of carbonyl (C=O) groups excluding carboxylic acids is 3. The van der Waals surface area contributed by atoms with Gasteiger partial charge in [-0.15, -0.1) is 0 Å². The predicted octanol–water partition coefficient (Wildman–Crippen LogP) is 3.57. The number of amides is 3. The summed E-state index contributed by atoms with van der Waals surface area (Å²) in [4.78, 5) is 42.6. The lowest BCUT2D eigenvalue weighted by molar-refractivity contribution is -0.141. The van der Waals surface area contributed by atoms with Crippen molar-refractivity contribution in [3.63, 3.8) is 0 Å². The molecule has 3 amide bonds. The van der Waals surface area contributed by atoms with Crippen molar-refractivity contribution in [2.75, 3.05) is 25.6 Å². The molecule has 4 aliphatic rings. The number of methoxy groups -OCH3 is 1. The van der Waals surface area contributed by atoms with Crippen LogP contribution in [0.15, 0.2) is 30.4 Å². The number of fused-ring (bicyclic) bond motifs is 1. The Labute approximate surface area is 220 Å². The van der Waals surface area contributed by atoms with Gasteiger partial charge in [0.05, 0.1) is 17.9 Å². The van der Waals surface area contributed by atoms with Gasteiger partial charge in [-0.1, -0.05) is 54.6 Å². The number of hydrogen-bond donors (Lipinski definition) is 2. The molecule has 0 radical (unpaired) electrons. The monoisotopic (exact) mass is 535 g/mol. The van der Waals surface area contributed by atoms with Gasteiger partial charge in [-0.25, -0.2) is 0 Å². The van der Waals surface area contributed by atoms with Gasteiger partial charge in [0.25, 0.3) is 0 Å². The first-order valence-electron chi connectivity index (χ1n) is 12.6. The fourth-order valence-electron chi connectivity index (χ4n) is 6.27. The first kappa shape index (κ1) is 25.5. The third kappa shape index (κ3) is 4.53. The number of rotatable bonds is 8. The first-order valence-corrected chi connectivity index (χ1v) is 13.3. The first-order chi connectivity index (χ1) is 17.3. The molecule has 2 N–H and O–H groups in total. The SMILES string of the molecule is COCCCN1C(=O)[C@H]2[C@H](C(=O)Nc3cc(Cl)cc(Cl)c3)[C@H]3C=C[C@@]2(O3)[C@@H]1C(=O)NC1CCCCC1. The van der Waals surface area contributed by atoms with E-state index in [-0.39, 0.29) is 23.8 Å². The zero-order chi connectivity index (χ0) is 25.4. The fourth-order valence-corrected chi connectivity index (χ4v) is 6.79. The predicted molar refractivity (Wildman–Crippen MR) is 136 cm³/mol. The van der Waals surface area contributed by atoms with Crippen LogP contribution in [0.25, 0.3) is 0 Å². The summed E-state index contributed by atoms with van der Waals surface area (Å²) in [6.45, 7) is 0.797. The quantitative estimate of drug-likeness (QED) is 0.391. The molecule has 1 aliphatic carbocycles. The molecule has 3 fully saturated rings. The highest BCUT2D eigenvalue weighted by molar-refractivity contribution is 6.35. The Kier molecular flexibility index (Phi) is 7.32. The normalized spacial score (nSPS) is 31.1. The molecule has 10 heteroatoms. The molecule has 36 heavy (non-hydrogen) atoms. The van der Waals surface area contributed by atoms with Crippen molar-refractivity contribution >= 4 is 46.6 Å². The van der Waals surface area contributed by atoms with Crippen molar-refractivity contribution in [2.24, 2.45) is 11.8 Å². The zero-order valence-electron chi connectivity index (χ0n) is 20.2. The van der Waals surface area contributed by atoms with Crippen LogP contribution in [0.4, 0.5) is 5.69 Å². The molecular weight excluding hydrogens is 505 g/mol. The topological polar surface area (TPSA) is 97.0 Å². The summed E-state index contributed by atoms with van der Waals surface area (Å²) >= 11 is 12.2. The largest absolute Gasteiger partial charge is 0.385 e. The summed E-state index contributed by atoms with van der Waals surface area (Å²) in [5, 5.41) is 6.80. The molecule has 1 spiro atoms. The van der Waals surface area contributed by atoms with Gasteiger partial charge in [-0.2, -0.15) is 0 Å². The molecule has 5 atom stereocenters. The van der Waals surface area contributed by atoms with Crippen molar-refractivity contribution in [1.29, 1.82) is 0 Å². The van der Waals surface area contributed by atoms with Crippen molar-refractivity contribution in [1.82, 2.24) is 10.2 Å². The van der Waals surface area contributed by atoms with Crippen LogP contribution in [0.2, 0.25) is 10.0 Å². The number of carbonyl (C=O) groups is 3. The molecule has 2 bridgehead atoms. The number of benzene rings is 1. The molecule has 1 aromatic rings. The van der Waals surface area contributed by atoms with Crippen molar-refractivity contribution in [2.45, 2.75) is 62.3 Å². The van der Waals surface area contributed by atoms with Crippen LogP contribution in [0.5, 0.6) is 0 Å².